The fourth-order valence-corrected chi connectivity index (χ4v) is 7.14. The summed E-state index contributed by atoms with van der Waals surface area (Å²) in [6.45, 7) is 4.17. The SMILES string of the molecule is CCC(CC)c1ccc2cc(C(=O)NCCCCNC(=O)c3cc(C(=O)NCc4cn(CCF)nn4)cc(-n4cc(CCC5CCC(=O)CC5=O)nn4)c3)c(=O)oc2c1. The number of fused-ring (bicyclic) bond motifs is 1. The van der Waals surface area contributed by atoms with Gasteiger partial charge >= 0.3 is 5.63 Å². The number of unbranched alkanes of at least 4 members (excludes halogenated alkanes) is 1. The van der Waals surface area contributed by atoms with Crippen LogP contribution in [0.1, 0.15) is 119 Å². The molecule has 5 aromatic rings. The van der Waals surface area contributed by atoms with E-state index in [1.54, 1.807) is 24.4 Å². The molecule has 17 heteroatoms. The smallest absolute Gasteiger partial charge is 0.349 e. The fraction of sp³-hybridized carbons (Fsp3) is 0.429. The molecule has 0 aliphatic heterocycles. The predicted molar refractivity (Wildman–Crippen MR) is 214 cm³/mol. The van der Waals surface area contributed by atoms with Gasteiger partial charge in [0, 0.05) is 41.9 Å². The standard InChI is InChI=1S/C42H48FN9O7/c1-3-26(4-2)28-7-8-29-20-36(42(58)59-38(29)21-28)41(57)45-15-6-5-14-44-39(55)30-17-31(40(56)46-23-33-24-51(16-13-43)49-48-33)19-34(18-30)52-25-32(47-50-52)11-9-27-10-12-35(53)22-37(27)54/h7-8,17-21,24-27H,3-6,9-16,22-23H2,1-2H3,(H,44,55)(H,45,57)(H,46,56). The van der Waals surface area contributed by atoms with Crippen LogP contribution in [0.5, 0.6) is 0 Å². The molecule has 3 aromatic heterocycles. The summed E-state index contributed by atoms with van der Waals surface area (Å²) in [6.07, 6.45) is 7.98. The first-order valence-electron chi connectivity index (χ1n) is 20.0. The summed E-state index contributed by atoms with van der Waals surface area (Å²) >= 11 is 0. The van der Waals surface area contributed by atoms with Gasteiger partial charge in [-0.3, -0.25) is 24.0 Å². The van der Waals surface area contributed by atoms with E-state index in [4.69, 9.17) is 4.42 Å². The van der Waals surface area contributed by atoms with Crippen LogP contribution >= 0.6 is 0 Å². The molecular formula is C42H48FN9O7. The van der Waals surface area contributed by atoms with E-state index in [-0.39, 0.29) is 66.8 Å². The lowest BCUT2D eigenvalue weighted by Crippen LogP contribution is -2.30. The number of Topliss-reactive ketones (excluding diaryl/α,β-unsaturated/α-hetero) is 2. The average Bonchev–Trinajstić information content (AvgIpc) is 3.91. The molecule has 1 saturated carbocycles. The van der Waals surface area contributed by atoms with Crippen molar-refractivity contribution in [2.24, 2.45) is 5.92 Å². The predicted octanol–water partition coefficient (Wildman–Crippen LogP) is 4.58. The molecule has 1 fully saturated rings. The molecule has 0 saturated heterocycles. The average molecular weight is 810 g/mol. The highest BCUT2D eigenvalue weighted by molar-refractivity contribution is 6.02. The molecule has 2 aromatic carbocycles. The van der Waals surface area contributed by atoms with Crippen LogP contribution in [0.25, 0.3) is 16.7 Å². The highest BCUT2D eigenvalue weighted by Crippen LogP contribution is 2.27. The van der Waals surface area contributed by atoms with Gasteiger partial charge in [-0.05, 0) is 86.8 Å². The van der Waals surface area contributed by atoms with Crippen molar-refractivity contribution in [2.45, 2.75) is 90.6 Å². The Morgan fingerprint density at radius 3 is 2.29 bits per heavy atom. The molecule has 6 rings (SSSR count). The number of halogens is 1. The Morgan fingerprint density at radius 2 is 1.58 bits per heavy atom. The number of aryl methyl sites for hydroxylation is 2. The van der Waals surface area contributed by atoms with Gasteiger partial charge in [-0.1, -0.05) is 36.4 Å². The molecular weight excluding hydrogens is 762 g/mol. The highest BCUT2D eigenvalue weighted by Gasteiger charge is 2.27. The molecule has 16 nitrogen and oxygen atoms in total. The lowest BCUT2D eigenvalue weighted by atomic mass is 9.84. The van der Waals surface area contributed by atoms with E-state index in [0.717, 1.165) is 18.4 Å². The van der Waals surface area contributed by atoms with Crippen molar-refractivity contribution < 1.29 is 32.8 Å². The van der Waals surface area contributed by atoms with E-state index in [1.165, 1.54) is 21.6 Å². The Labute approximate surface area is 339 Å². The number of aromatic nitrogens is 6. The van der Waals surface area contributed by atoms with Gasteiger partial charge in [-0.15, -0.1) is 10.2 Å². The van der Waals surface area contributed by atoms with Gasteiger partial charge in [0.2, 0.25) is 0 Å². The third kappa shape index (κ3) is 11.0. The molecule has 1 aliphatic carbocycles. The van der Waals surface area contributed by atoms with Gasteiger partial charge in [0.15, 0.2) is 0 Å². The molecule has 3 N–H and O–H groups in total. The van der Waals surface area contributed by atoms with Crippen LogP contribution in [0.3, 0.4) is 0 Å². The Bertz CT molecular complexity index is 2380. The minimum absolute atomic E-state index is 0.0114. The Kier molecular flexibility index (Phi) is 14.2. The summed E-state index contributed by atoms with van der Waals surface area (Å²) in [7, 11) is 0. The Hall–Kier alpha value is -6.39. The number of amides is 3. The van der Waals surface area contributed by atoms with Gasteiger partial charge in [0.1, 0.15) is 35.1 Å². The number of ketones is 2. The molecule has 0 radical (unpaired) electrons. The van der Waals surface area contributed by atoms with Crippen LogP contribution in [0, 0.1) is 5.92 Å². The number of rotatable bonds is 19. The molecule has 3 heterocycles. The lowest BCUT2D eigenvalue weighted by Gasteiger charge is -2.18. The molecule has 3 amide bonds. The Morgan fingerprint density at radius 1 is 0.864 bits per heavy atom. The third-order valence-corrected chi connectivity index (χ3v) is 10.6. The normalized spacial score (nSPS) is 14.2. The maximum absolute atomic E-state index is 13.4. The zero-order valence-electron chi connectivity index (χ0n) is 33.2. The summed E-state index contributed by atoms with van der Waals surface area (Å²) in [5, 5.41) is 25.3. The first kappa shape index (κ1) is 42.2. The monoisotopic (exact) mass is 809 g/mol. The molecule has 1 aliphatic rings. The number of hydrogen-bond acceptors (Lipinski definition) is 11. The second kappa shape index (κ2) is 19.8. The summed E-state index contributed by atoms with van der Waals surface area (Å²) < 4.78 is 21.0. The zero-order valence-corrected chi connectivity index (χ0v) is 33.2. The number of nitrogens with one attached hydrogen (secondary N) is 3. The van der Waals surface area contributed by atoms with E-state index in [1.807, 2.05) is 18.2 Å². The number of hydrogen-bond donors (Lipinski definition) is 3. The summed E-state index contributed by atoms with van der Waals surface area (Å²) in [6, 6.07) is 11.8. The quantitative estimate of drug-likeness (QED) is 0.0597. The van der Waals surface area contributed by atoms with Gasteiger partial charge < -0.3 is 20.4 Å². The van der Waals surface area contributed by atoms with Gasteiger partial charge in [0.05, 0.1) is 43.3 Å². The topological polar surface area (TPSA) is 213 Å². The summed E-state index contributed by atoms with van der Waals surface area (Å²) in [5.41, 5.74) is 2.49. The van der Waals surface area contributed by atoms with Crippen molar-refractivity contribution in [3.8, 4) is 5.69 Å². The van der Waals surface area contributed by atoms with Gasteiger partial charge in [-0.2, -0.15) is 0 Å². The number of alkyl halides is 1. The summed E-state index contributed by atoms with van der Waals surface area (Å²) in [4.78, 5) is 76.4. The van der Waals surface area contributed by atoms with Crippen molar-refractivity contribution in [3.05, 3.63) is 98.9 Å². The van der Waals surface area contributed by atoms with E-state index in [2.05, 4.69) is 50.4 Å². The lowest BCUT2D eigenvalue weighted by molar-refractivity contribution is -0.132. The first-order chi connectivity index (χ1) is 28.5. The number of carbonyl (C=O) groups is 5. The number of benzene rings is 2. The largest absolute Gasteiger partial charge is 0.422 e. The number of carbonyl (C=O) groups excluding carboxylic acids is 5. The molecule has 0 spiro atoms. The second-order valence-electron chi connectivity index (χ2n) is 14.7. The van der Waals surface area contributed by atoms with Crippen molar-refractivity contribution in [3.63, 3.8) is 0 Å². The zero-order chi connectivity index (χ0) is 41.9. The van der Waals surface area contributed by atoms with Gasteiger partial charge in [-0.25, -0.2) is 18.5 Å². The van der Waals surface area contributed by atoms with Crippen molar-refractivity contribution >= 4 is 40.3 Å². The third-order valence-electron chi connectivity index (χ3n) is 10.6. The molecule has 1 unspecified atom stereocenters. The van der Waals surface area contributed by atoms with Gasteiger partial charge in [0.25, 0.3) is 17.7 Å². The fourth-order valence-electron chi connectivity index (χ4n) is 7.14. The van der Waals surface area contributed by atoms with Crippen LogP contribution in [0.15, 0.2) is 64.1 Å². The molecule has 0 bridgehead atoms. The number of nitrogens with zero attached hydrogens (tertiary/aromatic N) is 6. The van der Waals surface area contributed by atoms with E-state index >= 15 is 0 Å². The van der Waals surface area contributed by atoms with Crippen molar-refractivity contribution in [1.82, 2.24) is 45.9 Å². The summed E-state index contributed by atoms with van der Waals surface area (Å²) in [5.74, 6) is -1.45. The minimum atomic E-state index is -0.711. The molecule has 1 atom stereocenters. The minimum Gasteiger partial charge on any atom is -0.422 e. The van der Waals surface area contributed by atoms with Crippen LogP contribution in [0.4, 0.5) is 4.39 Å². The van der Waals surface area contributed by atoms with Crippen molar-refractivity contribution in [1.29, 1.82) is 0 Å². The van der Waals surface area contributed by atoms with E-state index < -0.39 is 30.0 Å². The maximum Gasteiger partial charge on any atom is 0.349 e. The maximum atomic E-state index is 13.4. The van der Waals surface area contributed by atoms with Crippen LogP contribution in [0.2, 0.25) is 0 Å². The second-order valence-corrected chi connectivity index (χ2v) is 14.7. The van der Waals surface area contributed by atoms with Crippen LogP contribution in [-0.2, 0) is 29.1 Å². The van der Waals surface area contributed by atoms with E-state index in [9.17, 15) is 33.2 Å². The highest BCUT2D eigenvalue weighted by atomic mass is 19.1. The van der Waals surface area contributed by atoms with Crippen LogP contribution in [-0.4, -0.2) is 79.0 Å². The Balaban J connectivity index is 1.06. The first-order valence-corrected chi connectivity index (χ1v) is 20.0. The van der Waals surface area contributed by atoms with Crippen molar-refractivity contribution in [2.75, 3.05) is 19.8 Å². The molecule has 59 heavy (non-hydrogen) atoms. The van der Waals surface area contributed by atoms with E-state index in [0.29, 0.717) is 72.5 Å². The van der Waals surface area contributed by atoms with Crippen LogP contribution < -0.4 is 21.6 Å². The molecule has 310 valence electrons.